The van der Waals surface area contributed by atoms with Gasteiger partial charge < -0.3 is 5.32 Å². The van der Waals surface area contributed by atoms with Crippen LogP contribution in [0.25, 0.3) is 0 Å². The summed E-state index contributed by atoms with van der Waals surface area (Å²) in [5.74, 6) is -0.348. The number of rotatable bonds is 4. The fraction of sp³-hybridized carbons (Fsp3) is 0.333. The van der Waals surface area contributed by atoms with Gasteiger partial charge in [0.05, 0.1) is 17.1 Å². The van der Waals surface area contributed by atoms with Gasteiger partial charge in [-0.25, -0.2) is 0 Å². The van der Waals surface area contributed by atoms with Crippen molar-refractivity contribution >= 4 is 38.1 Å². The van der Waals surface area contributed by atoms with E-state index in [0.29, 0.717) is 17.1 Å². The van der Waals surface area contributed by atoms with Crippen LogP contribution in [0, 0.1) is 13.8 Å². The molecule has 0 bridgehead atoms. The average molecular weight is 316 g/mol. The van der Waals surface area contributed by atoms with Crippen molar-refractivity contribution in [2.24, 2.45) is 0 Å². The molecule has 0 aliphatic heterocycles. The molecule has 0 aromatic carbocycles. The molecule has 0 unspecified atom stereocenters. The third kappa shape index (κ3) is 2.93. The van der Waals surface area contributed by atoms with Crippen LogP contribution in [0.1, 0.15) is 18.3 Å². The fourth-order valence-electron chi connectivity index (χ4n) is 1.40. The maximum absolute atomic E-state index is 12.1. The molecule has 2 aromatic heterocycles. The summed E-state index contributed by atoms with van der Waals surface area (Å²) >= 11 is 0.766. The zero-order valence-electron chi connectivity index (χ0n) is 10.9. The molecule has 2 rings (SSSR count). The van der Waals surface area contributed by atoms with Crippen LogP contribution < -0.4 is 10.0 Å². The van der Waals surface area contributed by atoms with E-state index in [-0.39, 0.29) is 15.4 Å². The van der Waals surface area contributed by atoms with E-state index in [4.69, 9.17) is 0 Å². The van der Waals surface area contributed by atoms with E-state index in [1.807, 2.05) is 0 Å². The second-order valence-electron chi connectivity index (χ2n) is 3.97. The number of hydrogen-bond donors (Lipinski definition) is 3. The highest BCUT2D eigenvalue weighted by molar-refractivity contribution is 7.94. The van der Waals surface area contributed by atoms with Crippen LogP contribution >= 0.6 is 11.3 Å². The molecule has 0 aliphatic carbocycles. The van der Waals surface area contributed by atoms with Crippen molar-refractivity contribution in [2.45, 2.75) is 25.1 Å². The molecule has 0 saturated heterocycles. The first-order valence-electron chi connectivity index (χ1n) is 5.45. The highest BCUT2D eigenvalue weighted by Gasteiger charge is 2.23. The van der Waals surface area contributed by atoms with Gasteiger partial charge in [0, 0.05) is 6.92 Å². The van der Waals surface area contributed by atoms with E-state index in [2.05, 4.69) is 30.4 Å². The Hall–Kier alpha value is -2.01. The van der Waals surface area contributed by atoms with Gasteiger partial charge in [-0.05, 0) is 13.8 Å². The molecular formula is C9H12N6O3S2. The third-order valence-corrected chi connectivity index (χ3v) is 4.84. The minimum Gasteiger partial charge on any atom is -0.301 e. The zero-order chi connectivity index (χ0) is 14.9. The van der Waals surface area contributed by atoms with Crippen molar-refractivity contribution in [1.29, 1.82) is 0 Å². The molecule has 0 fully saturated rings. The standard InChI is InChI=1S/C9H12N6O3S2/c1-4-7(5(2)12-11-4)15-20(17,18)9-14-13-8(19-9)10-6(3)16/h15H,1-3H3,(H,11,12)(H,10,13,16). The van der Waals surface area contributed by atoms with Crippen molar-refractivity contribution in [2.75, 3.05) is 10.0 Å². The van der Waals surface area contributed by atoms with E-state index in [9.17, 15) is 13.2 Å². The van der Waals surface area contributed by atoms with Gasteiger partial charge in [0.1, 0.15) is 0 Å². The zero-order valence-corrected chi connectivity index (χ0v) is 12.5. The quantitative estimate of drug-likeness (QED) is 0.710. The molecule has 3 N–H and O–H groups in total. The van der Waals surface area contributed by atoms with Gasteiger partial charge in [-0.1, -0.05) is 11.3 Å². The Bertz CT molecular complexity index is 728. The number of hydrogen-bond acceptors (Lipinski definition) is 7. The molecule has 0 aliphatic rings. The van der Waals surface area contributed by atoms with Crippen molar-refractivity contribution in [3.8, 4) is 0 Å². The van der Waals surface area contributed by atoms with Crippen LogP contribution in [0.5, 0.6) is 0 Å². The number of carbonyl (C=O) groups excluding carboxylic acids is 1. The van der Waals surface area contributed by atoms with Gasteiger partial charge in [-0.2, -0.15) is 13.5 Å². The second kappa shape index (κ2) is 5.17. The van der Waals surface area contributed by atoms with Crippen LogP contribution in [0.15, 0.2) is 4.34 Å². The molecule has 0 radical (unpaired) electrons. The number of amides is 1. The molecule has 0 saturated carbocycles. The lowest BCUT2D eigenvalue weighted by Crippen LogP contribution is -2.13. The minimum atomic E-state index is -3.86. The van der Waals surface area contributed by atoms with Crippen LogP contribution in [0.4, 0.5) is 10.8 Å². The number of aromatic amines is 1. The maximum Gasteiger partial charge on any atom is 0.291 e. The highest BCUT2D eigenvalue weighted by atomic mass is 32.2. The Morgan fingerprint density at radius 3 is 2.55 bits per heavy atom. The number of sulfonamides is 1. The summed E-state index contributed by atoms with van der Waals surface area (Å²) in [6.07, 6.45) is 0. The molecule has 20 heavy (non-hydrogen) atoms. The molecule has 2 aromatic rings. The topological polar surface area (TPSA) is 130 Å². The van der Waals surface area contributed by atoms with Gasteiger partial charge in [0.2, 0.25) is 11.0 Å². The smallest absolute Gasteiger partial charge is 0.291 e. The summed E-state index contributed by atoms with van der Waals surface area (Å²) in [6, 6.07) is 0. The fourth-order valence-corrected chi connectivity index (χ4v) is 3.53. The highest BCUT2D eigenvalue weighted by Crippen LogP contribution is 2.24. The summed E-state index contributed by atoms with van der Waals surface area (Å²) in [5, 5.41) is 16.2. The Kier molecular flexibility index (Phi) is 3.72. The van der Waals surface area contributed by atoms with Crippen molar-refractivity contribution in [3.05, 3.63) is 11.4 Å². The number of nitrogens with one attached hydrogen (secondary N) is 3. The monoisotopic (exact) mass is 316 g/mol. The predicted octanol–water partition coefficient (Wildman–Crippen LogP) is 0.637. The molecule has 2 heterocycles. The van der Waals surface area contributed by atoms with Gasteiger partial charge >= 0.3 is 0 Å². The lowest BCUT2D eigenvalue weighted by molar-refractivity contribution is -0.114. The number of H-pyrrole nitrogens is 1. The van der Waals surface area contributed by atoms with Crippen LogP contribution in [-0.4, -0.2) is 34.7 Å². The summed E-state index contributed by atoms with van der Waals surface area (Å²) in [4.78, 5) is 10.9. The molecule has 0 spiro atoms. The van der Waals surface area contributed by atoms with E-state index in [1.54, 1.807) is 13.8 Å². The normalized spacial score (nSPS) is 11.3. The van der Waals surface area contributed by atoms with Gasteiger partial charge in [0.25, 0.3) is 14.4 Å². The van der Waals surface area contributed by atoms with Crippen molar-refractivity contribution in [1.82, 2.24) is 20.4 Å². The number of aromatic nitrogens is 4. The van der Waals surface area contributed by atoms with Gasteiger partial charge in [-0.15, -0.1) is 10.2 Å². The number of anilines is 2. The Morgan fingerprint density at radius 1 is 1.30 bits per heavy atom. The molecule has 1 amide bonds. The van der Waals surface area contributed by atoms with Gasteiger partial charge in [-0.3, -0.25) is 14.6 Å². The summed E-state index contributed by atoms with van der Waals surface area (Å²) in [5.41, 5.74) is 1.50. The molecule has 9 nitrogen and oxygen atoms in total. The van der Waals surface area contributed by atoms with Gasteiger partial charge in [0.15, 0.2) is 0 Å². The molecule has 11 heteroatoms. The van der Waals surface area contributed by atoms with E-state index in [1.165, 1.54) is 6.92 Å². The lowest BCUT2D eigenvalue weighted by Gasteiger charge is -2.04. The first kappa shape index (κ1) is 14.4. The number of aryl methyl sites for hydroxylation is 2. The van der Waals surface area contributed by atoms with E-state index < -0.39 is 10.0 Å². The third-order valence-electron chi connectivity index (χ3n) is 2.28. The SMILES string of the molecule is CC(=O)Nc1nnc(S(=O)(=O)Nc2c(C)n[nH]c2C)s1. The van der Waals surface area contributed by atoms with E-state index in [0.717, 1.165) is 11.3 Å². The molecular weight excluding hydrogens is 304 g/mol. The number of carbonyl (C=O) groups is 1. The first-order chi connectivity index (χ1) is 9.29. The molecule has 108 valence electrons. The van der Waals surface area contributed by atoms with E-state index >= 15 is 0 Å². The number of nitrogens with zero attached hydrogens (tertiary/aromatic N) is 3. The Morgan fingerprint density at radius 2 is 2.00 bits per heavy atom. The summed E-state index contributed by atoms with van der Waals surface area (Å²) in [6.45, 7) is 4.66. The minimum absolute atomic E-state index is 0.124. The van der Waals surface area contributed by atoms with Crippen LogP contribution in [0.3, 0.4) is 0 Å². The van der Waals surface area contributed by atoms with Crippen LogP contribution in [-0.2, 0) is 14.8 Å². The Labute approximate surface area is 118 Å². The predicted molar refractivity (Wildman–Crippen MR) is 73.1 cm³/mol. The summed E-state index contributed by atoms with van der Waals surface area (Å²) in [7, 11) is -3.86. The largest absolute Gasteiger partial charge is 0.301 e. The first-order valence-corrected chi connectivity index (χ1v) is 7.75. The average Bonchev–Trinajstić information content (AvgIpc) is 2.91. The maximum atomic E-state index is 12.1. The summed E-state index contributed by atoms with van der Waals surface area (Å²) < 4.78 is 26.4. The van der Waals surface area contributed by atoms with Crippen molar-refractivity contribution in [3.63, 3.8) is 0 Å². The van der Waals surface area contributed by atoms with Crippen molar-refractivity contribution < 1.29 is 13.2 Å². The lowest BCUT2D eigenvalue weighted by atomic mass is 10.3. The molecule has 0 atom stereocenters. The van der Waals surface area contributed by atoms with Crippen LogP contribution in [0.2, 0.25) is 0 Å². The second-order valence-corrected chi connectivity index (χ2v) is 6.80. The Balaban J connectivity index is 2.27.